The molecule has 0 saturated heterocycles. The van der Waals surface area contributed by atoms with Crippen molar-refractivity contribution in [3.05, 3.63) is 28.5 Å². The topological polar surface area (TPSA) is 36.7 Å². The monoisotopic (exact) mass is 240 g/mol. The van der Waals surface area contributed by atoms with Crippen molar-refractivity contribution in [3.8, 4) is 6.07 Å². The molecule has 0 spiro atoms. The van der Waals surface area contributed by atoms with Gasteiger partial charge in [-0.3, -0.25) is 0 Å². The second kappa shape index (κ2) is 6.86. The summed E-state index contributed by atoms with van der Waals surface area (Å²) in [5.41, 5.74) is 0.560. The second-order valence-electron chi connectivity index (χ2n) is 1.41. The zero-order chi connectivity index (χ0) is 6.69. The maximum atomic E-state index is 8.39. The van der Waals surface area contributed by atoms with Gasteiger partial charge in [0.2, 0.25) is 0 Å². The number of pyridine rings is 1. The average molecular weight is 242 g/mol. The molecule has 0 N–H and O–H groups in total. The van der Waals surface area contributed by atoms with Crippen molar-refractivity contribution in [2.45, 2.75) is 0 Å². The molecule has 0 saturated carbocycles. The van der Waals surface area contributed by atoms with Crippen LogP contribution in [-0.2, 0) is 0 Å². The van der Waals surface area contributed by atoms with E-state index in [0.717, 1.165) is 0 Å². The molecule has 0 radical (unpaired) electrons. The molecule has 0 bridgehead atoms. The Morgan fingerprint density at radius 1 is 1.64 bits per heavy atom. The molecule has 1 rings (SSSR count). The number of nitriles is 1. The van der Waals surface area contributed by atoms with Crippen molar-refractivity contribution in [2.24, 2.45) is 0 Å². The minimum Gasteiger partial charge on any atom is -1.00 e. The first-order chi connectivity index (χ1) is 4.34. The average Bonchev–Trinajstić information content (AvgIpc) is 1.89. The van der Waals surface area contributed by atoms with Gasteiger partial charge in [-0.1, -0.05) is 32.8 Å². The molecule has 0 unspecified atom stereocenters. The van der Waals surface area contributed by atoms with E-state index in [1.54, 1.807) is 6.20 Å². The molecule has 5 heteroatoms. The fourth-order valence-corrected chi connectivity index (χ4v) is 0.725. The van der Waals surface area contributed by atoms with Gasteiger partial charge in [-0.25, -0.2) is 5.26 Å². The number of halogens is 2. The van der Waals surface area contributed by atoms with Gasteiger partial charge in [0, 0.05) is 6.07 Å². The van der Waals surface area contributed by atoms with Gasteiger partial charge in [0.25, 0.3) is 0 Å². The molecule has 0 aromatic carbocycles. The van der Waals surface area contributed by atoms with Crippen molar-refractivity contribution in [1.29, 1.82) is 5.26 Å². The van der Waals surface area contributed by atoms with Gasteiger partial charge in [0.1, 0.15) is 0 Å². The van der Waals surface area contributed by atoms with Gasteiger partial charge >= 0.3 is 23.1 Å². The summed E-state index contributed by atoms with van der Waals surface area (Å²) < 4.78 is 0.712. The van der Waals surface area contributed by atoms with Gasteiger partial charge < -0.3 is 17.4 Å². The van der Waals surface area contributed by atoms with E-state index in [0.29, 0.717) is 10.0 Å². The zero-order valence-corrected chi connectivity index (χ0v) is 9.27. The summed E-state index contributed by atoms with van der Waals surface area (Å²) >= 11 is 3.15. The summed E-state index contributed by atoms with van der Waals surface area (Å²) in [6.45, 7) is 0. The number of hydrogen-bond acceptors (Lipinski definition) is 2. The van der Waals surface area contributed by atoms with Crippen molar-refractivity contribution in [3.63, 3.8) is 0 Å². The Balaban J connectivity index is 0. The van der Waals surface area contributed by atoms with E-state index in [4.69, 9.17) is 5.26 Å². The van der Waals surface area contributed by atoms with Crippen LogP contribution in [0.2, 0.25) is 0 Å². The first kappa shape index (κ1) is 13.7. The summed E-state index contributed by atoms with van der Waals surface area (Å²) in [5, 5.41) is 8.39. The normalized spacial score (nSPS) is 6.91. The van der Waals surface area contributed by atoms with Crippen LogP contribution < -0.4 is 12.4 Å². The third-order valence-corrected chi connectivity index (χ3v) is 1.47. The van der Waals surface area contributed by atoms with Crippen molar-refractivity contribution in [1.82, 2.24) is 4.98 Å². The summed E-state index contributed by atoms with van der Waals surface area (Å²) in [5.74, 6) is 0. The molecule has 1 aromatic heterocycles. The fourth-order valence-electron chi connectivity index (χ4n) is 0.420. The Bertz CT molecular complexity index is 261. The maximum Gasteiger partial charge on any atom is 2.00 e. The SMILES string of the molecule is N#Cc1c[c-]ncc1Br.[Cl-].[Mg+2]. The minimum absolute atomic E-state index is 0. The molecule has 11 heavy (non-hydrogen) atoms. The summed E-state index contributed by atoms with van der Waals surface area (Å²) in [7, 11) is 0. The van der Waals surface area contributed by atoms with Crippen LogP contribution in [0.3, 0.4) is 0 Å². The Kier molecular flexibility index (Phi) is 8.57. The largest absolute Gasteiger partial charge is 2.00 e. The minimum atomic E-state index is 0. The Morgan fingerprint density at radius 2 is 2.27 bits per heavy atom. The van der Waals surface area contributed by atoms with Crippen LogP contribution >= 0.6 is 15.9 Å². The van der Waals surface area contributed by atoms with E-state index < -0.39 is 0 Å². The van der Waals surface area contributed by atoms with E-state index in [1.165, 1.54) is 6.07 Å². The van der Waals surface area contributed by atoms with Crippen LogP contribution in [0, 0.1) is 17.5 Å². The molecular formula is C6H2BrClMgN2. The van der Waals surface area contributed by atoms with Crippen molar-refractivity contribution >= 4 is 39.0 Å². The predicted molar refractivity (Wildman–Crippen MR) is 41.2 cm³/mol. The predicted octanol–water partition coefficient (Wildman–Crippen LogP) is -1.86. The van der Waals surface area contributed by atoms with Crippen LogP contribution in [0.15, 0.2) is 16.7 Å². The molecule has 0 aliphatic carbocycles. The van der Waals surface area contributed by atoms with Crippen LogP contribution in [0.5, 0.6) is 0 Å². The quantitative estimate of drug-likeness (QED) is 0.395. The number of rotatable bonds is 0. The first-order valence-electron chi connectivity index (χ1n) is 2.26. The molecule has 0 aliphatic rings. The first-order valence-corrected chi connectivity index (χ1v) is 3.05. The molecule has 0 fully saturated rings. The maximum absolute atomic E-state index is 8.39. The molecule has 0 aliphatic heterocycles. The third kappa shape index (κ3) is 3.92. The van der Waals surface area contributed by atoms with Crippen LogP contribution in [0.25, 0.3) is 0 Å². The second-order valence-corrected chi connectivity index (χ2v) is 2.26. The van der Waals surface area contributed by atoms with Crippen LogP contribution in [0.1, 0.15) is 5.56 Å². The van der Waals surface area contributed by atoms with Gasteiger partial charge in [0.05, 0.1) is 0 Å². The van der Waals surface area contributed by atoms with E-state index in [9.17, 15) is 0 Å². The van der Waals surface area contributed by atoms with Crippen molar-refractivity contribution in [2.75, 3.05) is 0 Å². The van der Waals surface area contributed by atoms with E-state index in [-0.39, 0.29) is 35.5 Å². The van der Waals surface area contributed by atoms with Gasteiger partial charge in [0.15, 0.2) is 0 Å². The molecule has 0 atom stereocenters. The van der Waals surface area contributed by atoms with Gasteiger partial charge in [-0.2, -0.15) is 0 Å². The van der Waals surface area contributed by atoms with Gasteiger partial charge in [-0.05, 0) is 5.56 Å². The van der Waals surface area contributed by atoms with Crippen LogP contribution in [-0.4, -0.2) is 28.0 Å². The summed E-state index contributed by atoms with van der Waals surface area (Å²) in [4.78, 5) is 3.67. The number of hydrogen-bond donors (Lipinski definition) is 0. The van der Waals surface area contributed by atoms with Crippen LogP contribution in [0.4, 0.5) is 0 Å². The van der Waals surface area contributed by atoms with E-state index in [2.05, 4.69) is 27.1 Å². The van der Waals surface area contributed by atoms with Gasteiger partial charge in [-0.15, -0.1) is 6.07 Å². The summed E-state index contributed by atoms with van der Waals surface area (Å²) in [6.07, 6.45) is 4.09. The molecule has 2 nitrogen and oxygen atoms in total. The Morgan fingerprint density at radius 3 is 2.64 bits per heavy atom. The summed E-state index contributed by atoms with van der Waals surface area (Å²) in [6, 6.07) is 3.51. The Hall–Kier alpha value is 0.176. The number of aromatic nitrogens is 1. The smallest absolute Gasteiger partial charge is 1.00 e. The standard InChI is InChI=1S/C6H2BrN2.ClH.Mg/c7-6-4-9-2-1-5(6)3-8;;/h1,4H;1H;/q-1;;+2/p-1. The molecule has 1 aromatic rings. The molecule has 0 amide bonds. The molecular weight excluding hydrogens is 240 g/mol. The molecule has 52 valence electrons. The van der Waals surface area contributed by atoms with E-state index in [1.807, 2.05) is 6.07 Å². The fraction of sp³-hybridized carbons (Fsp3) is 0. The number of nitrogens with zero attached hydrogens (tertiary/aromatic N) is 2. The molecule has 1 heterocycles. The van der Waals surface area contributed by atoms with E-state index >= 15 is 0 Å². The zero-order valence-electron chi connectivity index (χ0n) is 5.51. The Labute approximate surface area is 95.7 Å². The van der Waals surface area contributed by atoms with Crippen molar-refractivity contribution < 1.29 is 12.4 Å². The third-order valence-electron chi connectivity index (χ3n) is 0.839.